The van der Waals surface area contributed by atoms with E-state index in [2.05, 4.69) is 26.2 Å². The lowest BCUT2D eigenvalue weighted by Crippen LogP contribution is -1.95. The number of aromatic carboxylic acids is 1. The molecule has 0 spiro atoms. The van der Waals surface area contributed by atoms with Gasteiger partial charge in [0.25, 0.3) is 0 Å². The number of aromatic nitrogens is 1. The molecule has 2 aromatic heterocycles. The van der Waals surface area contributed by atoms with E-state index in [4.69, 9.17) is 5.11 Å². The molecule has 0 aliphatic heterocycles. The number of anilines is 1. The number of hydrogen-bond donors (Lipinski definition) is 2. The molecule has 0 radical (unpaired) electrons. The molecule has 0 saturated carbocycles. The summed E-state index contributed by atoms with van der Waals surface area (Å²) in [5.74, 6) is -0.940. The molecular weight excluding hydrogens is 312 g/mol. The molecule has 0 atom stereocenters. The predicted octanol–water partition coefficient (Wildman–Crippen LogP) is 3.28. The maximum absolute atomic E-state index is 10.6. The molecule has 0 fully saturated rings. The number of hydrogen-bond acceptors (Lipinski definition) is 5. The van der Waals surface area contributed by atoms with Gasteiger partial charge >= 0.3 is 5.97 Å². The van der Waals surface area contributed by atoms with E-state index in [-0.39, 0.29) is 4.88 Å². The Bertz CT molecular complexity index is 509. The summed E-state index contributed by atoms with van der Waals surface area (Å²) in [6.07, 6.45) is 1.36. The van der Waals surface area contributed by atoms with Crippen LogP contribution in [0, 0.1) is 0 Å². The van der Waals surface area contributed by atoms with Crippen LogP contribution in [-0.2, 0) is 6.54 Å². The van der Waals surface area contributed by atoms with Gasteiger partial charge in [-0.25, -0.2) is 9.78 Å². The van der Waals surface area contributed by atoms with Crippen molar-refractivity contribution >= 4 is 49.7 Å². The number of carbonyl (C=O) groups is 1. The molecule has 0 aliphatic carbocycles. The highest BCUT2D eigenvalue weighted by Crippen LogP contribution is 2.22. The first-order valence-electron chi connectivity index (χ1n) is 4.31. The molecule has 84 valence electrons. The third kappa shape index (κ3) is 2.81. The van der Waals surface area contributed by atoms with Crippen LogP contribution >= 0.6 is 38.6 Å². The molecule has 2 heterocycles. The number of thiophene rings is 1. The number of rotatable bonds is 4. The Kier molecular flexibility index (Phi) is 3.57. The Morgan fingerprint density at radius 1 is 1.62 bits per heavy atom. The summed E-state index contributed by atoms with van der Waals surface area (Å²) in [5.41, 5.74) is 0. The van der Waals surface area contributed by atoms with Crippen molar-refractivity contribution in [2.45, 2.75) is 6.54 Å². The smallest absolute Gasteiger partial charge is 0.347 e. The van der Waals surface area contributed by atoms with Crippen LogP contribution in [0.5, 0.6) is 0 Å². The second-order valence-corrected chi connectivity index (χ2v) is 5.86. The average Bonchev–Trinajstić information content (AvgIpc) is 2.83. The van der Waals surface area contributed by atoms with Gasteiger partial charge in [0.1, 0.15) is 4.88 Å². The van der Waals surface area contributed by atoms with Crippen LogP contribution in [-0.4, -0.2) is 16.1 Å². The molecule has 0 saturated heterocycles. The van der Waals surface area contributed by atoms with Gasteiger partial charge in [-0.15, -0.1) is 11.3 Å². The van der Waals surface area contributed by atoms with Gasteiger partial charge < -0.3 is 10.4 Å². The molecule has 16 heavy (non-hydrogen) atoms. The van der Waals surface area contributed by atoms with Crippen LogP contribution in [0.15, 0.2) is 22.1 Å². The fourth-order valence-corrected chi connectivity index (χ4v) is 3.11. The first-order valence-corrected chi connectivity index (χ1v) is 6.80. The van der Waals surface area contributed by atoms with Crippen LogP contribution in [0.4, 0.5) is 5.13 Å². The number of nitrogens with one attached hydrogen (secondary N) is 1. The lowest BCUT2D eigenvalue weighted by atomic mass is 10.5. The largest absolute Gasteiger partial charge is 0.477 e. The van der Waals surface area contributed by atoms with E-state index in [9.17, 15) is 4.79 Å². The minimum atomic E-state index is -0.940. The first-order chi connectivity index (χ1) is 7.65. The molecular formula is C9H7BrN2O2S2. The van der Waals surface area contributed by atoms with E-state index < -0.39 is 5.97 Å². The predicted molar refractivity (Wildman–Crippen MR) is 68.4 cm³/mol. The Labute approximate surface area is 108 Å². The fraction of sp³-hybridized carbons (Fsp3) is 0.111. The van der Waals surface area contributed by atoms with E-state index in [1.807, 2.05) is 11.4 Å². The molecule has 2 rings (SSSR count). The van der Waals surface area contributed by atoms with Crippen LogP contribution in [0.2, 0.25) is 0 Å². The zero-order chi connectivity index (χ0) is 11.5. The van der Waals surface area contributed by atoms with Crippen molar-refractivity contribution in [2.75, 3.05) is 5.32 Å². The standard InChI is InChI=1S/C9H7BrN2O2S2/c10-5-1-6(15-4-5)2-11-9-12-3-7(16-9)8(13)14/h1,3-4H,2H2,(H,11,12)(H,13,14). The van der Waals surface area contributed by atoms with Crippen LogP contribution in [0.1, 0.15) is 14.5 Å². The second-order valence-electron chi connectivity index (χ2n) is 2.92. The third-order valence-corrected chi connectivity index (χ3v) is 4.39. The Morgan fingerprint density at radius 3 is 3.00 bits per heavy atom. The SMILES string of the molecule is O=C(O)c1cnc(NCc2cc(Br)cs2)s1. The highest BCUT2D eigenvalue weighted by Gasteiger charge is 2.08. The maximum Gasteiger partial charge on any atom is 0.347 e. The molecule has 0 bridgehead atoms. The minimum absolute atomic E-state index is 0.245. The molecule has 4 nitrogen and oxygen atoms in total. The van der Waals surface area contributed by atoms with Gasteiger partial charge in [-0.2, -0.15) is 0 Å². The number of thiazole rings is 1. The molecule has 2 aromatic rings. The Balaban J connectivity index is 1.97. The van der Waals surface area contributed by atoms with Gasteiger partial charge in [0.05, 0.1) is 12.7 Å². The van der Waals surface area contributed by atoms with Crippen molar-refractivity contribution in [3.63, 3.8) is 0 Å². The zero-order valence-corrected chi connectivity index (χ0v) is 11.2. The molecule has 0 aliphatic rings. The van der Waals surface area contributed by atoms with Gasteiger partial charge in [-0.1, -0.05) is 11.3 Å². The van der Waals surface area contributed by atoms with E-state index in [1.165, 1.54) is 11.1 Å². The Morgan fingerprint density at radius 2 is 2.44 bits per heavy atom. The summed E-state index contributed by atoms with van der Waals surface area (Å²) < 4.78 is 1.06. The Hall–Kier alpha value is -0.920. The summed E-state index contributed by atoms with van der Waals surface area (Å²) in [4.78, 5) is 16.0. The topological polar surface area (TPSA) is 62.2 Å². The molecule has 0 aromatic carbocycles. The number of halogens is 1. The zero-order valence-electron chi connectivity index (χ0n) is 7.94. The summed E-state index contributed by atoms with van der Waals surface area (Å²) in [6, 6.07) is 2.02. The van der Waals surface area contributed by atoms with Crippen molar-refractivity contribution in [2.24, 2.45) is 0 Å². The summed E-state index contributed by atoms with van der Waals surface area (Å²) in [7, 11) is 0. The quantitative estimate of drug-likeness (QED) is 0.908. The van der Waals surface area contributed by atoms with E-state index >= 15 is 0 Å². The molecule has 2 N–H and O–H groups in total. The van der Waals surface area contributed by atoms with Crippen LogP contribution < -0.4 is 5.32 Å². The molecule has 0 amide bonds. The lowest BCUT2D eigenvalue weighted by molar-refractivity contribution is 0.0702. The van der Waals surface area contributed by atoms with E-state index in [1.54, 1.807) is 11.3 Å². The highest BCUT2D eigenvalue weighted by molar-refractivity contribution is 9.10. The van der Waals surface area contributed by atoms with Gasteiger partial charge in [-0.05, 0) is 22.0 Å². The van der Waals surface area contributed by atoms with E-state index in [0.717, 1.165) is 15.8 Å². The first kappa shape index (κ1) is 11.6. The number of carboxylic acids is 1. The molecule has 0 unspecified atom stereocenters. The van der Waals surface area contributed by atoms with Gasteiger partial charge in [-0.3, -0.25) is 0 Å². The maximum atomic E-state index is 10.6. The average molecular weight is 319 g/mol. The number of carboxylic acid groups (broad SMARTS) is 1. The van der Waals surface area contributed by atoms with Gasteiger partial charge in [0.2, 0.25) is 0 Å². The van der Waals surface area contributed by atoms with Crippen molar-refractivity contribution < 1.29 is 9.90 Å². The van der Waals surface area contributed by atoms with Gasteiger partial charge in [0.15, 0.2) is 5.13 Å². The van der Waals surface area contributed by atoms with Gasteiger partial charge in [0, 0.05) is 14.7 Å². The summed E-state index contributed by atoms with van der Waals surface area (Å²) in [5, 5.41) is 14.4. The summed E-state index contributed by atoms with van der Waals surface area (Å²) >= 11 is 6.14. The van der Waals surface area contributed by atoms with Crippen molar-refractivity contribution in [1.29, 1.82) is 0 Å². The monoisotopic (exact) mass is 318 g/mol. The lowest BCUT2D eigenvalue weighted by Gasteiger charge is -1.98. The minimum Gasteiger partial charge on any atom is -0.477 e. The number of nitrogens with zero attached hydrogens (tertiary/aromatic N) is 1. The summed E-state index contributed by atoms with van der Waals surface area (Å²) in [6.45, 7) is 0.656. The second kappa shape index (κ2) is 4.94. The van der Waals surface area contributed by atoms with Crippen molar-refractivity contribution in [3.05, 3.63) is 31.9 Å². The normalized spacial score (nSPS) is 10.3. The fourth-order valence-electron chi connectivity index (χ4n) is 1.06. The van der Waals surface area contributed by atoms with Crippen LogP contribution in [0.25, 0.3) is 0 Å². The highest BCUT2D eigenvalue weighted by atomic mass is 79.9. The van der Waals surface area contributed by atoms with Crippen molar-refractivity contribution in [3.8, 4) is 0 Å². The van der Waals surface area contributed by atoms with Crippen molar-refractivity contribution in [1.82, 2.24) is 4.98 Å². The molecule has 7 heteroatoms. The van der Waals surface area contributed by atoms with E-state index in [0.29, 0.717) is 11.7 Å². The van der Waals surface area contributed by atoms with Crippen LogP contribution in [0.3, 0.4) is 0 Å². The third-order valence-electron chi connectivity index (χ3n) is 1.75.